The minimum Gasteiger partial charge on any atom is -0.493 e. The van der Waals surface area contributed by atoms with Gasteiger partial charge in [0.25, 0.3) is 5.91 Å². The number of para-hydroxylation sites is 2. The lowest BCUT2D eigenvalue weighted by molar-refractivity contribution is -0.142. The van der Waals surface area contributed by atoms with Crippen LogP contribution in [0, 0.1) is 0 Å². The van der Waals surface area contributed by atoms with Crippen LogP contribution in [0.25, 0.3) is 10.9 Å². The first kappa shape index (κ1) is 27.1. The number of nitrogens with one attached hydrogen (secondary N) is 1. The molecule has 1 fully saturated rings. The van der Waals surface area contributed by atoms with Crippen LogP contribution in [-0.2, 0) is 22.6 Å². The number of ether oxygens (including phenoxy) is 3. The standard InChI is InChI=1S/C32H35N3O5/c1-38-29-15-12-23(18-30(29)39-2)20-34(17-16-24-19-33-28-11-7-6-10-27(24)28)31(36)21-35(25-13-14-25)32(37)22-40-26-8-4-3-5-9-26/h3-12,15,18-19,25,33H,13-14,16-17,20-22H2,1-2H3. The molecule has 3 aromatic carbocycles. The van der Waals surface area contributed by atoms with Crippen LogP contribution in [0.2, 0.25) is 0 Å². The number of carbonyl (C=O) groups excluding carboxylic acids is 2. The Bertz CT molecular complexity index is 1450. The number of fused-ring (bicyclic) bond motifs is 1. The van der Waals surface area contributed by atoms with Crippen molar-refractivity contribution in [3.8, 4) is 17.2 Å². The Balaban J connectivity index is 1.32. The third-order valence-electron chi connectivity index (χ3n) is 7.22. The van der Waals surface area contributed by atoms with Crippen LogP contribution < -0.4 is 14.2 Å². The number of carbonyl (C=O) groups is 2. The van der Waals surface area contributed by atoms with Gasteiger partial charge in [-0.2, -0.15) is 0 Å². The van der Waals surface area contributed by atoms with Crippen LogP contribution in [-0.4, -0.2) is 66.6 Å². The van der Waals surface area contributed by atoms with E-state index in [1.165, 1.54) is 0 Å². The van der Waals surface area contributed by atoms with Crippen molar-refractivity contribution in [3.05, 3.63) is 90.1 Å². The topological polar surface area (TPSA) is 84.1 Å². The van der Waals surface area contributed by atoms with E-state index >= 15 is 0 Å². The maximum atomic E-state index is 13.8. The van der Waals surface area contributed by atoms with Crippen molar-refractivity contribution in [1.82, 2.24) is 14.8 Å². The van der Waals surface area contributed by atoms with Gasteiger partial charge in [0.1, 0.15) is 12.3 Å². The number of hydrogen-bond acceptors (Lipinski definition) is 5. The van der Waals surface area contributed by atoms with Gasteiger partial charge in [-0.05, 0) is 60.7 Å². The van der Waals surface area contributed by atoms with Gasteiger partial charge >= 0.3 is 0 Å². The van der Waals surface area contributed by atoms with E-state index in [0.717, 1.165) is 34.9 Å². The minimum atomic E-state index is -0.178. The van der Waals surface area contributed by atoms with Crippen LogP contribution in [0.4, 0.5) is 0 Å². The van der Waals surface area contributed by atoms with E-state index in [4.69, 9.17) is 14.2 Å². The zero-order valence-corrected chi connectivity index (χ0v) is 23.0. The molecule has 0 aliphatic heterocycles. The van der Waals surface area contributed by atoms with Crippen LogP contribution in [0.1, 0.15) is 24.0 Å². The summed E-state index contributed by atoms with van der Waals surface area (Å²) in [4.78, 5) is 33.8. The molecule has 5 rings (SSSR count). The maximum Gasteiger partial charge on any atom is 0.261 e. The van der Waals surface area contributed by atoms with Crippen molar-refractivity contribution in [3.63, 3.8) is 0 Å². The van der Waals surface area contributed by atoms with Crippen molar-refractivity contribution in [1.29, 1.82) is 0 Å². The predicted octanol–water partition coefficient (Wildman–Crippen LogP) is 4.83. The Labute approximate surface area is 234 Å². The van der Waals surface area contributed by atoms with Crippen molar-refractivity contribution >= 4 is 22.7 Å². The summed E-state index contributed by atoms with van der Waals surface area (Å²) in [5.74, 6) is 1.59. The normalized spacial score (nSPS) is 12.7. The molecule has 0 bridgehead atoms. The quantitative estimate of drug-likeness (QED) is 0.262. The lowest BCUT2D eigenvalue weighted by atomic mass is 10.1. The Hall–Kier alpha value is -4.46. The summed E-state index contributed by atoms with van der Waals surface area (Å²) >= 11 is 0. The molecule has 208 valence electrons. The first-order chi connectivity index (χ1) is 19.6. The minimum absolute atomic E-state index is 0.0167. The number of benzene rings is 3. The van der Waals surface area contributed by atoms with Gasteiger partial charge in [0.15, 0.2) is 18.1 Å². The van der Waals surface area contributed by atoms with Crippen LogP contribution in [0.5, 0.6) is 17.2 Å². The third kappa shape index (κ3) is 6.57. The summed E-state index contributed by atoms with van der Waals surface area (Å²) in [6.45, 7) is 0.804. The average Bonchev–Trinajstić information content (AvgIpc) is 3.76. The van der Waals surface area contributed by atoms with Crippen molar-refractivity contribution < 1.29 is 23.8 Å². The highest BCUT2D eigenvalue weighted by Crippen LogP contribution is 2.29. The summed E-state index contributed by atoms with van der Waals surface area (Å²) in [5.41, 5.74) is 3.13. The van der Waals surface area contributed by atoms with Gasteiger partial charge in [-0.3, -0.25) is 9.59 Å². The van der Waals surface area contributed by atoms with Gasteiger partial charge in [0.05, 0.1) is 14.2 Å². The lowest BCUT2D eigenvalue weighted by Crippen LogP contribution is -2.45. The molecule has 1 aliphatic rings. The maximum absolute atomic E-state index is 13.8. The highest BCUT2D eigenvalue weighted by molar-refractivity contribution is 5.86. The zero-order valence-electron chi connectivity index (χ0n) is 23.0. The molecule has 1 aromatic heterocycles. The summed E-state index contributed by atoms with van der Waals surface area (Å²) in [5, 5.41) is 1.15. The van der Waals surface area contributed by atoms with Crippen molar-refractivity contribution in [2.24, 2.45) is 0 Å². The molecule has 0 atom stereocenters. The van der Waals surface area contributed by atoms with E-state index in [0.29, 0.717) is 36.8 Å². The number of H-pyrrole nitrogens is 1. The molecule has 0 unspecified atom stereocenters. The van der Waals surface area contributed by atoms with Gasteiger partial charge in [0.2, 0.25) is 5.91 Å². The van der Waals surface area contributed by atoms with E-state index in [-0.39, 0.29) is 31.0 Å². The first-order valence-electron chi connectivity index (χ1n) is 13.6. The van der Waals surface area contributed by atoms with E-state index < -0.39 is 0 Å². The van der Waals surface area contributed by atoms with Crippen LogP contribution in [0.15, 0.2) is 79.0 Å². The van der Waals surface area contributed by atoms with Gasteiger partial charge in [-0.1, -0.05) is 42.5 Å². The molecule has 1 N–H and O–H groups in total. The lowest BCUT2D eigenvalue weighted by Gasteiger charge is -2.28. The van der Waals surface area contributed by atoms with Gasteiger partial charge in [-0.15, -0.1) is 0 Å². The largest absolute Gasteiger partial charge is 0.493 e. The molecule has 4 aromatic rings. The van der Waals surface area contributed by atoms with E-state index in [1.54, 1.807) is 19.1 Å². The van der Waals surface area contributed by atoms with E-state index in [2.05, 4.69) is 11.1 Å². The Morgan fingerprint density at radius 2 is 1.65 bits per heavy atom. The zero-order chi connectivity index (χ0) is 27.9. The molecule has 0 radical (unpaired) electrons. The molecule has 8 nitrogen and oxygen atoms in total. The summed E-state index contributed by atoms with van der Waals surface area (Å²) < 4.78 is 16.6. The van der Waals surface area contributed by atoms with Crippen molar-refractivity contribution in [2.45, 2.75) is 31.8 Å². The predicted molar refractivity (Wildman–Crippen MR) is 154 cm³/mol. The number of rotatable bonds is 13. The second kappa shape index (κ2) is 12.6. The smallest absolute Gasteiger partial charge is 0.261 e. The number of methoxy groups -OCH3 is 2. The van der Waals surface area contributed by atoms with Gasteiger partial charge in [-0.25, -0.2) is 0 Å². The fourth-order valence-electron chi connectivity index (χ4n) is 4.88. The van der Waals surface area contributed by atoms with Crippen LogP contribution >= 0.6 is 0 Å². The molecule has 1 aliphatic carbocycles. The fourth-order valence-corrected chi connectivity index (χ4v) is 4.88. The molecule has 2 amide bonds. The monoisotopic (exact) mass is 541 g/mol. The highest BCUT2D eigenvalue weighted by atomic mass is 16.5. The molecular weight excluding hydrogens is 506 g/mol. The number of amides is 2. The van der Waals surface area contributed by atoms with Gasteiger partial charge < -0.3 is 29.0 Å². The molecule has 1 saturated carbocycles. The molecule has 1 heterocycles. The third-order valence-corrected chi connectivity index (χ3v) is 7.22. The first-order valence-corrected chi connectivity index (χ1v) is 13.6. The number of aromatic amines is 1. The average molecular weight is 542 g/mol. The Morgan fingerprint density at radius 3 is 2.40 bits per heavy atom. The second-order valence-electron chi connectivity index (χ2n) is 9.97. The molecule has 0 saturated heterocycles. The number of nitrogens with zero attached hydrogens (tertiary/aromatic N) is 2. The van der Waals surface area contributed by atoms with Crippen molar-refractivity contribution in [2.75, 3.05) is 33.9 Å². The van der Waals surface area contributed by atoms with E-state index in [1.807, 2.05) is 77.8 Å². The fraction of sp³-hybridized carbons (Fsp3) is 0.312. The summed E-state index contributed by atoms with van der Waals surface area (Å²) in [6, 6.07) is 23.1. The SMILES string of the molecule is COc1ccc(CN(CCc2c[nH]c3ccccc23)C(=O)CN(C(=O)COc2ccccc2)C2CC2)cc1OC. The molecular formula is C32H35N3O5. The molecule has 40 heavy (non-hydrogen) atoms. The number of aromatic nitrogens is 1. The summed E-state index contributed by atoms with van der Waals surface area (Å²) in [6.07, 6.45) is 4.48. The van der Waals surface area contributed by atoms with Gasteiger partial charge in [0, 0.05) is 36.2 Å². The summed E-state index contributed by atoms with van der Waals surface area (Å²) in [7, 11) is 3.19. The van der Waals surface area contributed by atoms with Crippen LogP contribution in [0.3, 0.4) is 0 Å². The Kier molecular flexibility index (Phi) is 8.54. The second-order valence-corrected chi connectivity index (χ2v) is 9.97. The van der Waals surface area contributed by atoms with E-state index in [9.17, 15) is 9.59 Å². The Morgan fingerprint density at radius 1 is 0.900 bits per heavy atom. The number of hydrogen-bond donors (Lipinski definition) is 1. The highest BCUT2D eigenvalue weighted by Gasteiger charge is 2.35. The molecule has 8 heteroatoms. The molecule has 0 spiro atoms.